The summed E-state index contributed by atoms with van der Waals surface area (Å²) in [6.45, 7) is 0. The van der Waals surface area contributed by atoms with Crippen molar-refractivity contribution in [1.82, 2.24) is 0 Å². The predicted molar refractivity (Wildman–Crippen MR) is 37.1 cm³/mol. The minimum absolute atomic E-state index is 0. The van der Waals surface area contributed by atoms with E-state index in [2.05, 4.69) is 0 Å². The molecule has 0 bridgehead atoms. The largest absolute Gasteiger partial charge is 0.416 e. The molecule has 1 rings (SSSR count). The molecule has 7 heteroatoms. The Morgan fingerprint density at radius 3 is 1.33 bits per heavy atom. The van der Waals surface area contributed by atoms with Gasteiger partial charge in [0.1, 0.15) is 0 Å². The highest BCUT2D eigenvalue weighted by molar-refractivity contribution is 5.27. The topological polar surface area (TPSA) is 28.5 Å². The molecule has 0 N–H and O–H groups in total. The summed E-state index contributed by atoms with van der Waals surface area (Å²) in [5.74, 6) is 0. The standard InChI is InChI=1S/C8H4F6.O/c9-7(10,11)5-2-1-3-6(4-5)8(12,13)14;/h1-4H;. The average molecular weight is 230 g/mol. The summed E-state index contributed by atoms with van der Waals surface area (Å²) < 4.78 is 71.9. The summed E-state index contributed by atoms with van der Waals surface area (Å²) >= 11 is 0. The van der Waals surface area contributed by atoms with E-state index in [1.54, 1.807) is 0 Å². The molecule has 15 heavy (non-hydrogen) atoms. The lowest BCUT2D eigenvalue weighted by Crippen LogP contribution is -2.09. The molecule has 84 valence electrons. The first-order chi connectivity index (χ1) is 6.21. The van der Waals surface area contributed by atoms with Gasteiger partial charge in [-0.05, 0) is 18.2 Å². The van der Waals surface area contributed by atoms with Crippen molar-refractivity contribution in [1.29, 1.82) is 0 Å². The Kier molecular flexibility index (Phi) is 3.76. The Bertz CT molecular complexity index is 297. The molecule has 0 aliphatic rings. The Morgan fingerprint density at radius 1 is 0.733 bits per heavy atom. The highest BCUT2D eigenvalue weighted by Crippen LogP contribution is 2.34. The second-order valence-electron chi connectivity index (χ2n) is 2.58. The summed E-state index contributed by atoms with van der Waals surface area (Å²) in [4.78, 5) is 0. The Morgan fingerprint density at radius 2 is 1.07 bits per heavy atom. The third kappa shape index (κ3) is 3.43. The lowest BCUT2D eigenvalue weighted by Gasteiger charge is -2.10. The van der Waals surface area contributed by atoms with Crippen molar-refractivity contribution in [3.05, 3.63) is 35.4 Å². The Hall–Kier alpha value is -1.24. The minimum Gasteiger partial charge on any atom is -0.166 e. The van der Waals surface area contributed by atoms with Gasteiger partial charge in [-0.3, -0.25) is 0 Å². The van der Waals surface area contributed by atoms with Gasteiger partial charge in [-0.25, -0.2) is 0 Å². The number of rotatable bonds is 0. The molecule has 0 atom stereocenters. The summed E-state index contributed by atoms with van der Waals surface area (Å²) in [7, 11) is 0. The first kappa shape index (κ1) is 13.8. The molecule has 1 nitrogen and oxygen atoms in total. The van der Waals surface area contributed by atoms with E-state index in [0.29, 0.717) is 12.1 Å². The lowest BCUT2D eigenvalue weighted by atomic mass is 10.1. The number of benzene rings is 1. The third-order valence-electron chi connectivity index (χ3n) is 1.52. The smallest absolute Gasteiger partial charge is 0.166 e. The fourth-order valence-electron chi connectivity index (χ4n) is 0.872. The first-order valence-electron chi connectivity index (χ1n) is 3.46. The fraction of sp³-hybridized carbons (Fsp3) is 0.250. The quantitative estimate of drug-likeness (QED) is 0.609. The molecule has 2 radical (unpaired) electrons. The maximum absolute atomic E-state index is 12.0. The van der Waals surface area contributed by atoms with Gasteiger partial charge in [-0.1, -0.05) is 6.07 Å². The van der Waals surface area contributed by atoms with Crippen molar-refractivity contribution in [3.8, 4) is 0 Å². The molecule has 0 saturated heterocycles. The third-order valence-corrected chi connectivity index (χ3v) is 1.52. The highest BCUT2D eigenvalue weighted by Gasteiger charge is 2.35. The van der Waals surface area contributed by atoms with Crippen LogP contribution in [0.2, 0.25) is 0 Å². The van der Waals surface area contributed by atoms with Gasteiger partial charge >= 0.3 is 12.4 Å². The molecule has 1 aromatic rings. The molecule has 0 amide bonds. The summed E-state index contributed by atoms with van der Waals surface area (Å²) in [6, 6.07) is 2.00. The van der Waals surface area contributed by atoms with Gasteiger partial charge in [0.2, 0.25) is 0 Å². The van der Waals surface area contributed by atoms with Crippen LogP contribution in [0.3, 0.4) is 0 Å². The van der Waals surface area contributed by atoms with Crippen molar-refractivity contribution in [2.45, 2.75) is 12.4 Å². The summed E-state index contributed by atoms with van der Waals surface area (Å²) in [5.41, 5.74) is -2.60. The number of hydrogen-bond donors (Lipinski definition) is 0. The number of halogens is 6. The highest BCUT2D eigenvalue weighted by atomic mass is 19.4. The normalized spacial score (nSPS) is 12.1. The van der Waals surface area contributed by atoms with Gasteiger partial charge in [0, 0.05) is 5.48 Å². The maximum atomic E-state index is 12.0. The van der Waals surface area contributed by atoms with Crippen molar-refractivity contribution < 1.29 is 31.8 Å². The molecule has 0 aliphatic carbocycles. The minimum atomic E-state index is -4.75. The molecule has 0 aromatic heterocycles. The molecule has 0 spiro atoms. The zero-order valence-electron chi connectivity index (χ0n) is 6.99. The van der Waals surface area contributed by atoms with Crippen LogP contribution in [0.25, 0.3) is 0 Å². The van der Waals surface area contributed by atoms with Crippen LogP contribution in [-0.2, 0) is 17.8 Å². The second kappa shape index (κ2) is 4.09. The van der Waals surface area contributed by atoms with Crippen LogP contribution in [0.15, 0.2) is 24.3 Å². The van der Waals surface area contributed by atoms with E-state index in [9.17, 15) is 26.3 Å². The molecule has 0 unspecified atom stereocenters. The van der Waals surface area contributed by atoms with Crippen LogP contribution in [0.1, 0.15) is 11.1 Å². The van der Waals surface area contributed by atoms with Gasteiger partial charge in [-0.2, -0.15) is 26.3 Å². The van der Waals surface area contributed by atoms with Crippen LogP contribution >= 0.6 is 0 Å². The van der Waals surface area contributed by atoms with Crippen molar-refractivity contribution in [2.75, 3.05) is 0 Å². The van der Waals surface area contributed by atoms with Gasteiger partial charge in [-0.15, -0.1) is 0 Å². The Balaban J connectivity index is 0.00000196. The molecule has 0 fully saturated rings. The molecule has 0 heterocycles. The fourth-order valence-corrected chi connectivity index (χ4v) is 0.872. The lowest BCUT2D eigenvalue weighted by molar-refractivity contribution is -0.143. The zero-order chi connectivity index (χ0) is 11.0. The van der Waals surface area contributed by atoms with Gasteiger partial charge in [0.15, 0.2) is 0 Å². The van der Waals surface area contributed by atoms with Gasteiger partial charge < -0.3 is 0 Å². The first-order valence-corrected chi connectivity index (χ1v) is 3.46. The monoisotopic (exact) mass is 230 g/mol. The number of alkyl halides is 6. The van der Waals surface area contributed by atoms with E-state index in [-0.39, 0.29) is 11.5 Å². The van der Waals surface area contributed by atoms with Gasteiger partial charge in [0.05, 0.1) is 11.1 Å². The predicted octanol–water partition coefficient (Wildman–Crippen LogP) is 3.61. The van der Waals surface area contributed by atoms with Crippen molar-refractivity contribution in [2.24, 2.45) is 0 Å². The zero-order valence-corrected chi connectivity index (χ0v) is 6.99. The molecule has 0 saturated carbocycles. The van der Waals surface area contributed by atoms with Crippen LogP contribution < -0.4 is 0 Å². The summed E-state index contributed by atoms with van der Waals surface area (Å²) in [5, 5.41) is 0. The van der Waals surface area contributed by atoms with Crippen LogP contribution in [0, 0.1) is 0 Å². The second-order valence-corrected chi connectivity index (χ2v) is 2.58. The van der Waals surface area contributed by atoms with Crippen molar-refractivity contribution >= 4 is 0 Å². The van der Waals surface area contributed by atoms with E-state index in [0.717, 1.165) is 6.07 Å². The van der Waals surface area contributed by atoms with Crippen LogP contribution in [-0.4, -0.2) is 0 Å². The average Bonchev–Trinajstić information content (AvgIpc) is 2.01. The maximum Gasteiger partial charge on any atom is 0.416 e. The van der Waals surface area contributed by atoms with E-state index >= 15 is 0 Å². The van der Waals surface area contributed by atoms with E-state index in [1.165, 1.54) is 0 Å². The van der Waals surface area contributed by atoms with Crippen LogP contribution in [0.4, 0.5) is 26.3 Å². The van der Waals surface area contributed by atoms with Crippen LogP contribution in [0.5, 0.6) is 0 Å². The SMILES string of the molecule is FC(F)(F)c1cccc(C(F)(F)F)c1.[O]. The van der Waals surface area contributed by atoms with E-state index in [1.807, 2.05) is 0 Å². The van der Waals surface area contributed by atoms with Gasteiger partial charge in [0.25, 0.3) is 0 Å². The molecular formula is C8H4F6O. The molecular weight excluding hydrogens is 226 g/mol. The molecule has 1 aromatic carbocycles. The summed E-state index contributed by atoms with van der Waals surface area (Å²) in [6.07, 6.45) is -9.50. The van der Waals surface area contributed by atoms with E-state index < -0.39 is 23.5 Å². The van der Waals surface area contributed by atoms with E-state index in [4.69, 9.17) is 0 Å². The van der Waals surface area contributed by atoms with Crippen molar-refractivity contribution in [3.63, 3.8) is 0 Å². The number of hydrogen-bond acceptors (Lipinski definition) is 0. The Labute approximate surface area is 80.6 Å². The molecule has 0 aliphatic heterocycles.